The zero-order valence-corrected chi connectivity index (χ0v) is 34.5. The fourth-order valence-electron chi connectivity index (χ4n) is 9.19. The summed E-state index contributed by atoms with van der Waals surface area (Å²) in [6, 6.07) is 76.1. The maximum absolute atomic E-state index is 6.79. The second-order valence-electron chi connectivity index (χ2n) is 16.5. The van der Waals surface area contributed by atoms with E-state index in [9.17, 15) is 0 Å². The number of allylic oxidation sites excluding steroid dienone is 1. The Morgan fingerprint density at radius 2 is 1.00 bits per heavy atom. The van der Waals surface area contributed by atoms with E-state index in [1.165, 1.54) is 77.7 Å². The molecule has 0 atom stereocenters. The van der Waals surface area contributed by atoms with E-state index in [2.05, 4.69) is 202 Å². The van der Waals surface area contributed by atoms with Gasteiger partial charge in [-0.1, -0.05) is 226 Å². The van der Waals surface area contributed by atoms with Gasteiger partial charge >= 0.3 is 0 Å². The molecular weight excluding hydrogens is 737 g/mol. The van der Waals surface area contributed by atoms with Crippen molar-refractivity contribution in [1.29, 1.82) is 0 Å². The minimum absolute atomic E-state index is 0.00476. The number of nitrogens with two attached hydrogens (primary N) is 1. The first-order valence-corrected chi connectivity index (χ1v) is 21.1. The quantitative estimate of drug-likeness (QED) is 0.115. The second kappa shape index (κ2) is 15.9. The smallest absolute Gasteiger partial charge is 0.131 e. The van der Waals surface area contributed by atoms with Crippen LogP contribution in [0.25, 0.3) is 72.1 Å². The first-order valence-electron chi connectivity index (χ1n) is 21.1. The molecule has 0 aromatic heterocycles. The van der Waals surface area contributed by atoms with Crippen LogP contribution in [-0.2, 0) is 11.8 Å². The summed E-state index contributed by atoms with van der Waals surface area (Å²) in [6.45, 7) is 4.66. The third kappa shape index (κ3) is 7.17. The van der Waals surface area contributed by atoms with Crippen molar-refractivity contribution in [2.75, 3.05) is 0 Å². The average Bonchev–Trinajstić information content (AvgIpc) is 3.56. The molecule has 2 heteroatoms. The van der Waals surface area contributed by atoms with Crippen molar-refractivity contribution >= 4 is 22.3 Å². The van der Waals surface area contributed by atoms with Gasteiger partial charge in [0.15, 0.2) is 0 Å². The lowest BCUT2D eigenvalue weighted by atomic mass is 9.82. The summed E-state index contributed by atoms with van der Waals surface area (Å²) >= 11 is 0. The van der Waals surface area contributed by atoms with Crippen molar-refractivity contribution in [2.45, 2.75) is 25.7 Å². The lowest BCUT2D eigenvalue weighted by Gasteiger charge is -2.21. The molecule has 9 aromatic rings. The molecule has 0 unspecified atom stereocenters. The molecule has 0 fully saturated rings. The van der Waals surface area contributed by atoms with Gasteiger partial charge in [-0.15, -0.1) is 0 Å². The van der Waals surface area contributed by atoms with Crippen molar-refractivity contribution in [3.8, 4) is 55.6 Å². The number of hydrogen-bond donors (Lipinski definition) is 1. The van der Waals surface area contributed by atoms with Crippen molar-refractivity contribution < 1.29 is 0 Å². The number of fused-ring (bicyclic) bond motifs is 4. The van der Waals surface area contributed by atoms with Gasteiger partial charge in [-0.05, 0) is 95.6 Å². The molecule has 0 spiro atoms. The molecule has 0 saturated carbocycles. The van der Waals surface area contributed by atoms with Crippen LogP contribution in [0.15, 0.2) is 223 Å². The predicted octanol–water partition coefficient (Wildman–Crippen LogP) is 14.8. The van der Waals surface area contributed by atoms with Gasteiger partial charge in [-0.25, -0.2) is 4.99 Å². The molecule has 0 saturated heterocycles. The van der Waals surface area contributed by atoms with Crippen molar-refractivity contribution in [3.63, 3.8) is 0 Å². The van der Waals surface area contributed by atoms with E-state index < -0.39 is 0 Å². The zero-order chi connectivity index (χ0) is 41.3. The highest BCUT2D eigenvalue weighted by molar-refractivity contribution is 6.06. The Kier molecular flexibility index (Phi) is 9.83. The van der Waals surface area contributed by atoms with Crippen LogP contribution in [-0.4, -0.2) is 5.84 Å². The Morgan fingerprint density at radius 1 is 0.443 bits per heavy atom. The minimum Gasteiger partial charge on any atom is -0.383 e. The molecule has 0 amide bonds. The topological polar surface area (TPSA) is 38.4 Å². The molecule has 61 heavy (non-hydrogen) atoms. The van der Waals surface area contributed by atoms with Crippen LogP contribution in [0.5, 0.6) is 0 Å². The number of amidine groups is 1. The van der Waals surface area contributed by atoms with Crippen molar-refractivity contribution in [1.82, 2.24) is 0 Å². The summed E-state index contributed by atoms with van der Waals surface area (Å²) in [7, 11) is 0. The molecule has 292 valence electrons. The van der Waals surface area contributed by atoms with Gasteiger partial charge in [0.25, 0.3) is 0 Å². The average molecular weight is 783 g/mol. The molecule has 0 bridgehead atoms. The monoisotopic (exact) mass is 782 g/mol. The molecule has 9 aromatic carbocycles. The van der Waals surface area contributed by atoms with E-state index in [1.54, 1.807) is 0 Å². The first-order chi connectivity index (χ1) is 29.9. The third-order valence-electron chi connectivity index (χ3n) is 12.4. The number of hydrogen-bond acceptors (Lipinski definition) is 1. The molecule has 1 aliphatic carbocycles. The van der Waals surface area contributed by atoms with E-state index in [4.69, 9.17) is 10.7 Å². The first kappa shape index (κ1) is 37.7. The largest absolute Gasteiger partial charge is 0.383 e. The van der Waals surface area contributed by atoms with Crippen LogP contribution in [0, 0.1) is 0 Å². The summed E-state index contributed by atoms with van der Waals surface area (Å²) in [5, 5.41) is 2.30. The Bertz CT molecular complexity index is 3100. The van der Waals surface area contributed by atoms with E-state index in [1.807, 2.05) is 30.3 Å². The fourth-order valence-corrected chi connectivity index (χ4v) is 9.19. The van der Waals surface area contributed by atoms with Gasteiger partial charge < -0.3 is 5.73 Å². The van der Waals surface area contributed by atoms with Gasteiger partial charge in [-0.2, -0.15) is 0 Å². The van der Waals surface area contributed by atoms with E-state index in [0.717, 1.165) is 22.2 Å². The number of rotatable bonds is 9. The molecule has 2 N–H and O–H groups in total. The van der Waals surface area contributed by atoms with Gasteiger partial charge in [-0.3, -0.25) is 0 Å². The van der Waals surface area contributed by atoms with Gasteiger partial charge in [0, 0.05) is 16.5 Å². The van der Waals surface area contributed by atoms with E-state index >= 15 is 0 Å². The summed E-state index contributed by atoms with van der Waals surface area (Å²) in [5.41, 5.74) is 25.8. The van der Waals surface area contributed by atoms with Gasteiger partial charge in [0.05, 0.1) is 5.70 Å². The SMILES string of the molecule is CC1(C)c2ccccc2-c2cc(-c3ccc(-c4ccc(/C(=C/Cc5ccc(-c6ccccc6)c(-c6ccccc6)c5)N=C(N)c5ccccc5)c5ccccc45)cc3)ccc21. The van der Waals surface area contributed by atoms with Gasteiger partial charge in [0.2, 0.25) is 0 Å². The number of benzene rings is 9. The summed E-state index contributed by atoms with van der Waals surface area (Å²) < 4.78 is 0. The molecule has 1 aliphatic rings. The van der Waals surface area contributed by atoms with Crippen LogP contribution >= 0.6 is 0 Å². The highest BCUT2D eigenvalue weighted by atomic mass is 14.9. The molecule has 0 aliphatic heterocycles. The van der Waals surface area contributed by atoms with Crippen LogP contribution in [0.2, 0.25) is 0 Å². The van der Waals surface area contributed by atoms with Crippen LogP contribution in [0.4, 0.5) is 0 Å². The molecule has 0 radical (unpaired) electrons. The Labute approximate surface area is 359 Å². The number of aliphatic imine (C=N–C) groups is 1. The fraction of sp³-hybridized carbons (Fsp3) is 0.0678. The zero-order valence-electron chi connectivity index (χ0n) is 34.5. The second-order valence-corrected chi connectivity index (χ2v) is 16.5. The van der Waals surface area contributed by atoms with Crippen LogP contribution in [0.3, 0.4) is 0 Å². The Balaban J connectivity index is 1.03. The standard InChI is InChI=1S/C59H46N2/c1-59(2)55-25-15-14-24-51(55)54-39-46(32-36-56(54)59)41-28-30-44(31-29-41)47-34-35-52(50-23-13-12-22-49(47)50)57(61-58(60)45-20-10-5-11-21-45)37-27-40-26-33-48(42-16-6-3-7-17-42)53(38-40)43-18-8-4-9-19-43/h3-26,28-39H,27H2,1-2H3,(H2,60,61)/b57-37-. The maximum atomic E-state index is 6.79. The van der Waals surface area contributed by atoms with Crippen molar-refractivity contribution in [2.24, 2.45) is 10.7 Å². The highest BCUT2D eigenvalue weighted by Gasteiger charge is 2.35. The molecule has 2 nitrogen and oxygen atoms in total. The predicted molar refractivity (Wildman–Crippen MR) is 259 cm³/mol. The highest BCUT2D eigenvalue weighted by Crippen LogP contribution is 2.49. The molecule has 0 heterocycles. The number of nitrogens with zero attached hydrogens (tertiary/aromatic N) is 1. The van der Waals surface area contributed by atoms with Crippen molar-refractivity contribution in [3.05, 3.63) is 246 Å². The van der Waals surface area contributed by atoms with Gasteiger partial charge in [0.1, 0.15) is 5.84 Å². The summed E-state index contributed by atoms with van der Waals surface area (Å²) in [4.78, 5) is 5.18. The Hall–Kier alpha value is -7.55. The Morgan fingerprint density at radius 3 is 1.74 bits per heavy atom. The third-order valence-corrected chi connectivity index (χ3v) is 12.4. The lowest BCUT2D eigenvalue weighted by Crippen LogP contribution is -2.14. The normalized spacial score (nSPS) is 13.2. The minimum atomic E-state index is -0.00476. The van der Waals surface area contributed by atoms with E-state index in [-0.39, 0.29) is 5.41 Å². The maximum Gasteiger partial charge on any atom is 0.131 e. The molecular formula is C59H46N2. The molecule has 10 rings (SSSR count). The lowest BCUT2D eigenvalue weighted by molar-refractivity contribution is 0.660. The summed E-state index contributed by atoms with van der Waals surface area (Å²) in [6.07, 6.45) is 2.91. The van der Waals surface area contributed by atoms with E-state index in [0.29, 0.717) is 12.3 Å². The summed E-state index contributed by atoms with van der Waals surface area (Å²) in [5.74, 6) is 0.485. The van der Waals surface area contributed by atoms with Crippen LogP contribution < -0.4 is 5.73 Å². The van der Waals surface area contributed by atoms with Crippen LogP contribution in [0.1, 0.15) is 41.7 Å².